The van der Waals surface area contributed by atoms with Crippen LogP contribution in [-0.4, -0.2) is 137 Å². The molecular weight excluding hydrogens is 1070 g/mol. The number of nitrogens with one attached hydrogen (secondary N) is 1. The van der Waals surface area contributed by atoms with Crippen molar-refractivity contribution in [1.29, 1.82) is 0 Å². The molecule has 2 atom stereocenters. The smallest absolute Gasteiger partial charge is 0.227 e. The maximum atomic E-state index is 13.1. The topological polar surface area (TPSA) is 203 Å². The van der Waals surface area contributed by atoms with E-state index in [1.165, 1.54) is 22.3 Å². The van der Waals surface area contributed by atoms with Crippen molar-refractivity contribution in [2.24, 2.45) is 0 Å². The maximum absolute atomic E-state index is 13.1. The number of hydrogen-bond acceptors (Lipinski definition) is 14. The van der Waals surface area contributed by atoms with E-state index in [2.05, 4.69) is 108 Å². The zero-order valence-electron chi connectivity index (χ0n) is 49.5. The molecule has 2 amide bonds. The summed E-state index contributed by atoms with van der Waals surface area (Å²) < 4.78 is 26.7. The standard InChI is InChI=1S/C32H42N6O3.C24H30ClN3O2.C8H13N3O/c1-32(2,3)41-27-20-37(21-27)30(39)17-23-7-5-4-6-22-16-24(8-9-28(22)23)29-10-13-33-31(36-29)35-25-18-34-38(19-25)26-11-14-40-15-12-26;1-24(2,3)30-19-14-28(15-19)22(29)13-17-7-5-4-6-16-12-18(8-9-20(16)17)21-10-11-26-23(25)27-21;9-7-5-10-11(6-7)8-1-3-12-4-2-8/h8-10,13,16,18-19,23,26-27H,4-7,11-12,14-15,17,20-21H2,1-3H3,(H,33,35,36);8-12,17,19H,4-7,13-15H2,1-3H3;5-6,8H,1-4,9H2. The Kier molecular flexibility index (Phi) is 19.6. The minimum atomic E-state index is -0.174. The summed E-state index contributed by atoms with van der Waals surface area (Å²) in [5.74, 6) is 1.57. The summed E-state index contributed by atoms with van der Waals surface area (Å²) in [7, 11) is 0. The normalized spacial score (nSPS) is 20.0. The lowest BCUT2D eigenvalue weighted by Crippen LogP contribution is -2.56. The van der Waals surface area contributed by atoms with Crippen LogP contribution in [0.4, 0.5) is 17.3 Å². The van der Waals surface area contributed by atoms with Gasteiger partial charge in [0.05, 0.1) is 70.7 Å². The predicted octanol–water partition coefficient (Wildman–Crippen LogP) is 11.5. The SMILES string of the molecule is CC(C)(C)OC1CN(C(=O)CC2CCCCc3cc(-c4ccnc(Cl)n4)ccc32)C1.CC(C)(C)OC1CN(C(=O)CC2CCCCc3cc(-c4ccnc(Nc5cnn(C6CCOCC6)c5)n4)ccc32)C1.Nc1cnn(C2CCOCC2)c1. The fraction of sp³-hybridized carbons (Fsp3) is 0.562. The third-order valence-electron chi connectivity index (χ3n) is 16.4. The molecule has 83 heavy (non-hydrogen) atoms. The third-order valence-corrected chi connectivity index (χ3v) is 16.6. The Morgan fingerprint density at radius 1 is 0.627 bits per heavy atom. The Morgan fingerprint density at radius 2 is 1.11 bits per heavy atom. The van der Waals surface area contributed by atoms with E-state index in [4.69, 9.17) is 41.3 Å². The van der Waals surface area contributed by atoms with E-state index in [0.29, 0.717) is 57.1 Å². The molecule has 2 unspecified atom stereocenters. The molecule has 0 saturated carbocycles. The largest absolute Gasteiger partial charge is 0.396 e. The fourth-order valence-electron chi connectivity index (χ4n) is 12.3. The van der Waals surface area contributed by atoms with Crippen molar-refractivity contribution >= 4 is 40.7 Å². The predicted molar refractivity (Wildman–Crippen MR) is 323 cm³/mol. The highest BCUT2D eigenvalue weighted by Gasteiger charge is 2.37. The van der Waals surface area contributed by atoms with Gasteiger partial charge in [0.1, 0.15) is 0 Å². The monoisotopic (exact) mass is 1150 g/mol. The second kappa shape index (κ2) is 27.2. The molecule has 2 aromatic carbocycles. The number of aryl methyl sites for hydroxylation is 2. The first-order chi connectivity index (χ1) is 39.9. The minimum Gasteiger partial charge on any atom is -0.396 e. The molecule has 0 radical (unpaired) electrons. The molecule has 4 fully saturated rings. The molecule has 8 heterocycles. The highest BCUT2D eigenvalue weighted by molar-refractivity contribution is 6.28. The van der Waals surface area contributed by atoms with Crippen molar-refractivity contribution in [2.75, 3.05) is 63.7 Å². The molecule has 6 aromatic rings. The van der Waals surface area contributed by atoms with Crippen molar-refractivity contribution in [3.05, 3.63) is 113 Å². The summed E-state index contributed by atoms with van der Waals surface area (Å²) in [5.41, 5.74) is 16.0. The number of ether oxygens (including phenoxy) is 4. The summed E-state index contributed by atoms with van der Waals surface area (Å²) in [6.45, 7) is 18.4. The number of amides is 2. The summed E-state index contributed by atoms with van der Waals surface area (Å²) in [4.78, 5) is 47.5. The lowest BCUT2D eigenvalue weighted by Gasteiger charge is -2.42. The molecule has 6 aliphatic rings. The number of aromatic nitrogens is 8. The molecule has 4 saturated heterocycles. The van der Waals surface area contributed by atoms with Gasteiger partial charge in [-0.3, -0.25) is 19.0 Å². The number of nitrogen functional groups attached to an aromatic ring is 1. The fourth-order valence-corrected chi connectivity index (χ4v) is 12.4. The Balaban J connectivity index is 0.000000159. The summed E-state index contributed by atoms with van der Waals surface area (Å²) in [6, 6.07) is 17.8. The number of carbonyl (C=O) groups is 2. The number of halogens is 1. The molecule has 12 rings (SSSR count). The lowest BCUT2D eigenvalue weighted by atomic mass is 9.88. The van der Waals surface area contributed by atoms with E-state index in [0.717, 1.165) is 137 Å². The highest BCUT2D eigenvalue weighted by atomic mass is 35.5. The van der Waals surface area contributed by atoms with Crippen molar-refractivity contribution in [3.63, 3.8) is 0 Å². The second-order valence-electron chi connectivity index (χ2n) is 25.2. The van der Waals surface area contributed by atoms with Gasteiger partial charge in [0, 0.05) is 101 Å². The van der Waals surface area contributed by atoms with Crippen molar-refractivity contribution in [3.8, 4) is 22.5 Å². The number of fused-ring (bicyclic) bond motifs is 2. The highest BCUT2D eigenvalue weighted by Crippen LogP contribution is 2.38. The number of carbonyl (C=O) groups excluding carboxylic acids is 2. The minimum absolute atomic E-state index is 0.151. The molecule has 0 bridgehead atoms. The van der Waals surface area contributed by atoms with Crippen molar-refractivity contribution in [1.82, 2.24) is 49.3 Å². The molecule has 2 aliphatic carbocycles. The Hall–Kier alpha value is -6.31. The summed E-state index contributed by atoms with van der Waals surface area (Å²) >= 11 is 5.97. The van der Waals surface area contributed by atoms with Gasteiger partial charge in [0.25, 0.3) is 0 Å². The van der Waals surface area contributed by atoms with Crippen LogP contribution in [0.3, 0.4) is 0 Å². The molecule has 444 valence electrons. The van der Waals surface area contributed by atoms with E-state index in [1.807, 2.05) is 49.9 Å². The van der Waals surface area contributed by atoms with Gasteiger partial charge in [-0.25, -0.2) is 19.9 Å². The first-order valence-electron chi connectivity index (χ1n) is 30.2. The van der Waals surface area contributed by atoms with Gasteiger partial charge >= 0.3 is 0 Å². The number of benzene rings is 2. The van der Waals surface area contributed by atoms with E-state index in [1.54, 1.807) is 18.6 Å². The molecule has 19 heteroatoms. The van der Waals surface area contributed by atoms with Crippen LogP contribution >= 0.6 is 11.6 Å². The Bertz CT molecular complexity index is 3110. The Morgan fingerprint density at radius 3 is 1.59 bits per heavy atom. The van der Waals surface area contributed by atoms with Crippen LogP contribution in [-0.2, 0) is 41.4 Å². The first-order valence-corrected chi connectivity index (χ1v) is 30.6. The van der Waals surface area contributed by atoms with E-state index in [9.17, 15) is 9.59 Å². The summed E-state index contributed by atoms with van der Waals surface area (Å²) in [5, 5.41) is 12.3. The maximum Gasteiger partial charge on any atom is 0.227 e. The number of rotatable bonds is 12. The zero-order chi connectivity index (χ0) is 58.1. The van der Waals surface area contributed by atoms with Gasteiger partial charge in [0.2, 0.25) is 23.0 Å². The molecule has 18 nitrogen and oxygen atoms in total. The Labute approximate surface area is 494 Å². The van der Waals surface area contributed by atoms with Crippen LogP contribution in [0.2, 0.25) is 5.28 Å². The number of hydrogen-bond donors (Lipinski definition) is 2. The number of likely N-dealkylation sites (tertiary alicyclic amines) is 2. The molecular formula is C64H85ClN12O6. The average molecular weight is 1150 g/mol. The third kappa shape index (κ3) is 16.5. The van der Waals surface area contributed by atoms with E-state index < -0.39 is 0 Å². The lowest BCUT2D eigenvalue weighted by molar-refractivity contribution is -0.158. The summed E-state index contributed by atoms with van der Waals surface area (Å²) in [6.07, 6.45) is 25.2. The molecule has 0 spiro atoms. The second-order valence-corrected chi connectivity index (χ2v) is 25.5. The molecule has 4 aromatic heterocycles. The quantitative estimate of drug-likeness (QED) is 0.0865. The number of nitrogens with zero attached hydrogens (tertiary/aromatic N) is 10. The zero-order valence-corrected chi connectivity index (χ0v) is 50.2. The van der Waals surface area contributed by atoms with Gasteiger partial charge in [-0.1, -0.05) is 37.1 Å². The van der Waals surface area contributed by atoms with Gasteiger partial charge < -0.3 is 39.8 Å². The van der Waals surface area contributed by atoms with Crippen molar-refractivity contribution < 1.29 is 28.5 Å². The van der Waals surface area contributed by atoms with E-state index >= 15 is 0 Å². The molecule has 3 N–H and O–H groups in total. The molecule has 4 aliphatic heterocycles. The van der Waals surface area contributed by atoms with Crippen LogP contribution in [0.1, 0.15) is 165 Å². The van der Waals surface area contributed by atoms with Gasteiger partial charge in [0.15, 0.2) is 0 Å². The van der Waals surface area contributed by atoms with Crippen LogP contribution in [0.5, 0.6) is 0 Å². The van der Waals surface area contributed by atoms with Crippen LogP contribution < -0.4 is 11.1 Å². The van der Waals surface area contributed by atoms with Gasteiger partial charge in [-0.15, -0.1) is 0 Å². The van der Waals surface area contributed by atoms with Crippen molar-refractivity contribution in [2.45, 2.75) is 179 Å². The van der Waals surface area contributed by atoms with E-state index in [-0.39, 0.29) is 52.3 Å². The van der Waals surface area contributed by atoms with Gasteiger partial charge in [-0.05, 0) is 176 Å². The average Bonchev–Trinajstić information content (AvgIpc) is 4.18. The van der Waals surface area contributed by atoms with Crippen LogP contribution in [0.25, 0.3) is 22.5 Å². The van der Waals surface area contributed by atoms with Gasteiger partial charge in [-0.2, -0.15) is 10.2 Å². The number of nitrogens with two attached hydrogens (primary N) is 1. The van der Waals surface area contributed by atoms with Crippen LogP contribution in [0.15, 0.2) is 85.7 Å². The number of anilines is 3. The first kappa shape index (κ1) is 59.8. The van der Waals surface area contributed by atoms with Crippen LogP contribution in [0, 0.1) is 0 Å².